The normalized spacial score (nSPS) is 12.2. The Bertz CT molecular complexity index is 571. The highest BCUT2D eigenvalue weighted by molar-refractivity contribution is 6.30. The number of hydrogen-bond donors (Lipinski definition) is 1. The Balaban J connectivity index is 1.98. The van der Waals surface area contributed by atoms with Crippen molar-refractivity contribution in [2.45, 2.75) is 26.0 Å². The van der Waals surface area contributed by atoms with E-state index in [-0.39, 0.29) is 11.1 Å². The zero-order valence-corrected chi connectivity index (χ0v) is 12.0. The molecule has 0 unspecified atom stereocenters. The summed E-state index contributed by atoms with van der Waals surface area (Å²) in [5.74, 6) is 0.296. The van der Waals surface area contributed by atoms with Crippen LogP contribution in [-0.2, 0) is 6.61 Å². The fraction of sp³-hybridized carbons (Fsp3) is 0.250. The Labute approximate surface area is 123 Å². The molecule has 1 atom stereocenters. The van der Waals surface area contributed by atoms with Crippen LogP contribution in [0.1, 0.15) is 30.5 Å². The summed E-state index contributed by atoms with van der Waals surface area (Å²) in [6.07, 6.45) is 0.893. The summed E-state index contributed by atoms with van der Waals surface area (Å²) in [7, 11) is 0. The van der Waals surface area contributed by atoms with Crippen molar-refractivity contribution < 1.29 is 9.13 Å². The molecule has 106 valence electrons. The Kier molecular flexibility index (Phi) is 4.99. The lowest BCUT2D eigenvalue weighted by Crippen LogP contribution is -2.08. The van der Waals surface area contributed by atoms with Crippen molar-refractivity contribution in [3.63, 3.8) is 0 Å². The number of rotatable bonds is 5. The molecule has 2 N–H and O–H groups in total. The van der Waals surface area contributed by atoms with Gasteiger partial charge in [-0.2, -0.15) is 0 Å². The Morgan fingerprint density at radius 2 is 1.90 bits per heavy atom. The Morgan fingerprint density at radius 1 is 1.20 bits per heavy atom. The second-order valence-corrected chi connectivity index (χ2v) is 5.03. The van der Waals surface area contributed by atoms with E-state index in [2.05, 4.69) is 0 Å². The molecule has 2 rings (SSSR count). The number of halogens is 2. The minimum Gasteiger partial charge on any atom is -0.489 e. The number of ether oxygens (including phenoxy) is 1. The molecule has 0 aliphatic carbocycles. The number of hydrogen-bond acceptors (Lipinski definition) is 2. The van der Waals surface area contributed by atoms with Crippen molar-refractivity contribution >= 4 is 11.6 Å². The molecule has 0 amide bonds. The fourth-order valence-electron chi connectivity index (χ4n) is 1.84. The largest absolute Gasteiger partial charge is 0.489 e. The van der Waals surface area contributed by atoms with Crippen molar-refractivity contribution in [3.8, 4) is 5.75 Å². The number of nitrogens with two attached hydrogens (primary N) is 1. The van der Waals surface area contributed by atoms with E-state index in [1.807, 2.05) is 31.2 Å². The summed E-state index contributed by atoms with van der Waals surface area (Å²) in [5, 5.41) is 0.117. The number of benzene rings is 2. The van der Waals surface area contributed by atoms with E-state index in [4.69, 9.17) is 22.1 Å². The van der Waals surface area contributed by atoms with Gasteiger partial charge in [0.2, 0.25) is 0 Å². The third-order valence-electron chi connectivity index (χ3n) is 3.14. The zero-order valence-electron chi connectivity index (χ0n) is 11.3. The minimum atomic E-state index is -0.433. The van der Waals surface area contributed by atoms with Gasteiger partial charge >= 0.3 is 0 Å². The highest BCUT2D eigenvalue weighted by atomic mass is 35.5. The van der Waals surface area contributed by atoms with E-state index in [1.165, 1.54) is 12.1 Å². The molecule has 2 aromatic rings. The molecule has 0 saturated carbocycles. The Hall–Kier alpha value is -1.58. The third kappa shape index (κ3) is 3.71. The quantitative estimate of drug-likeness (QED) is 0.883. The van der Waals surface area contributed by atoms with Gasteiger partial charge in [-0.25, -0.2) is 4.39 Å². The fourth-order valence-corrected chi connectivity index (χ4v) is 1.96. The molecule has 0 saturated heterocycles. The van der Waals surface area contributed by atoms with E-state index in [9.17, 15) is 4.39 Å². The van der Waals surface area contributed by atoms with Crippen molar-refractivity contribution in [2.24, 2.45) is 5.73 Å². The third-order valence-corrected chi connectivity index (χ3v) is 3.44. The molecule has 2 aromatic carbocycles. The molecule has 0 radical (unpaired) electrons. The summed E-state index contributed by atoms with van der Waals surface area (Å²) in [6, 6.07) is 12.3. The highest BCUT2D eigenvalue weighted by Crippen LogP contribution is 2.20. The van der Waals surface area contributed by atoms with Crippen LogP contribution >= 0.6 is 11.6 Å². The molecule has 0 spiro atoms. The van der Waals surface area contributed by atoms with E-state index in [0.717, 1.165) is 23.3 Å². The molecule has 0 fully saturated rings. The summed E-state index contributed by atoms with van der Waals surface area (Å²) in [6.45, 7) is 2.34. The molecular weight excluding hydrogens is 277 g/mol. The van der Waals surface area contributed by atoms with Gasteiger partial charge in [0.15, 0.2) is 0 Å². The summed E-state index contributed by atoms with van der Waals surface area (Å²) < 4.78 is 18.9. The molecule has 0 bridgehead atoms. The predicted molar refractivity (Wildman–Crippen MR) is 79.4 cm³/mol. The van der Waals surface area contributed by atoms with Crippen LogP contribution in [0.4, 0.5) is 4.39 Å². The lowest BCUT2D eigenvalue weighted by atomic mass is 10.1. The molecule has 4 heteroatoms. The van der Waals surface area contributed by atoms with E-state index < -0.39 is 5.82 Å². The van der Waals surface area contributed by atoms with Crippen LogP contribution in [0.5, 0.6) is 5.75 Å². The second kappa shape index (κ2) is 6.73. The van der Waals surface area contributed by atoms with Crippen LogP contribution in [0.15, 0.2) is 42.5 Å². The molecule has 0 aliphatic rings. The van der Waals surface area contributed by atoms with E-state index >= 15 is 0 Å². The average molecular weight is 294 g/mol. The van der Waals surface area contributed by atoms with Crippen LogP contribution in [0.2, 0.25) is 5.02 Å². The van der Waals surface area contributed by atoms with Crippen LogP contribution in [0, 0.1) is 5.82 Å². The molecule has 0 aromatic heterocycles. The van der Waals surface area contributed by atoms with Gasteiger partial charge in [-0.15, -0.1) is 0 Å². The van der Waals surface area contributed by atoms with Crippen LogP contribution < -0.4 is 10.5 Å². The first-order valence-corrected chi connectivity index (χ1v) is 6.90. The van der Waals surface area contributed by atoms with Crippen LogP contribution in [0.25, 0.3) is 0 Å². The van der Waals surface area contributed by atoms with Gasteiger partial charge < -0.3 is 10.5 Å². The molecule has 2 nitrogen and oxygen atoms in total. The molecule has 20 heavy (non-hydrogen) atoms. The summed E-state index contributed by atoms with van der Waals surface area (Å²) >= 11 is 5.63. The van der Waals surface area contributed by atoms with Crippen molar-refractivity contribution in [1.82, 2.24) is 0 Å². The second-order valence-electron chi connectivity index (χ2n) is 4.62. The average Bonchev–Trinajstić information content (AvgIpc) is 2.48. The molecule has 0 aliphatic heterocycles. The maximum atomic E-state index is 13.3. The van der Waals surface area contributed by atoms with Crippen molar-refractivity contribution in [3.05, 3.63) is 64.4 Å². The first-order chi connectivity index (χ1) is 9.60. The van der Waals surface area contributed by atoms with Crippen LogP contribution in [-0.4, -0.2) is 0 Å². The van der Waals surface area contributed by atoms with E-state index in [1.54, 1.807) is 6.07 Å². The Morgan fingerprint density at radius 3 is 2.50 bits per heavy atom. The first kappa shape index (κ1) is 14.8. The van der Waals surface area contributed by atoms with E-state index in [0.29, 0.717) is 6.61 Å². The smallest absolute Gasteiger partial charge is 0.142 e. The van der Waals surface area contributed by atoms with Gasteiger partial charge in [-0.05, 0) is 41.8 Å². The molecular formula is C16H17ClFNO. The zero-order chi connectivity index (χ0) is 14.5. The lowest BCUT2D eigenvalue weighted by molar-refractivity contribution is 0.305. The highest BCUT2D eigenvalue weighted by Gasteiger charge is 2.04. The SMILES string of the molecule is CC[C@@H](N)c1ccc(OCc2ccc(Cl)c(F)c2)cc1. The standard InChI is InChI=1S/C16H17ClFNO/c1-2-16(19)12-4-6-13(7-5-12)20-10-11-3-8-14(17)15(18)9-11/h3-9,16H,2,10,19H2,1H3/t16-/m1/s1. The minimum absolute atomic E-state index is 0.0504. The summed E-state index contributed by atoms with van der Waals surface area (Å²) in [4.78, 5) is 0. The van der Waals surface area contributed by atoms with Gasteiger partial charge in [0.1, 0.15) is 18.2 Å². The van der Waals surface area contributed by atoms with Crippen LogP contribution in [0.3, 0.4) is 0 Å². The van der Waals surface area contributed by atoms with Crippen molar-refractivity contribution in [1.29, 1.82) is 0 Å². The maximum Gasteiger partial charge on any atom is 0.142 e. The summed E-state index contributed by atoms with van der Waals surface area (Å²) in [5.41, 5.74) is 7.76. The monoisotopic (exact) mass is 293 g/mol. The van der Waals surface area contributed by atoms with Gasteiger partial charge in [0, 0.05) is 6.04 Å². The van der Waals surface area contributed by atoms with Gasteiger partial charge in [-0.3, -0.25) is 0 Å². The maximum absolute atomic E-state index is 13.3. The first-order valence-electron chi connectivity index (χ1n) is 6.52. The van der Waals surface area contributed by atoms with Gasteiger partial charge in [-0.1, -0.05) is 36.7 Å². The van der Waals surface area contributed by atoms with Gasteiger partial charge in [0.05, 0.1) is 5.02 Å². The van der Waals surface area contributed by atoms with Crippen molar-refractivity contribution in [2.75, 3.05) is 0 Å². The van der Waals surface area contributed by atoms with Gasteiger partial charge in [0.25, 0.3) is 0 Å². The predicted octanol–water partition coefficient (Wildman–Crippen LogP) is 4.47. The topological polar surface area (TPSA) is 35.2 Å². The lowest BCUT2D eigenvalue weighted by Gasteiger charge is -2.11. The molecule has 0 heterocycles.